The highest BCUT2D eigenvalue weighted by molar-refractivity contribution is 5.62. The number of morpholine rings is 1. The van der Waals surface area contributed by atoms with Crippen LogP contribution in [0.3, 0.4) is 0 Å². The van der Waals surface area contributed by atoms with E-state index in [1.54, 1.807) is 12.1 Å². The zero-order chi connectivity index (χ0) is 26.4. The predicted molar refractivity (Wildman–Crippen MR) is 133 cm³/mol. The van der Waals surface area contributed by atoms with E-state index >= 15 is 0 Å². The first kappa shape index (κ1) is 26.5. The minimum absolute atomic E-state index is 0.0260. The van der Waals surface area contributed by atoms with Crippen molar-refractivity contribution in [3.63, 3.8) is 0 Å². The first-order chi connectivity index (χ1) is 17.8. The lowest BCUT2D eigenvalue weighted by Gasteiger charge is -2.35. The molecular weight excluding hydrogens is 488 g/mol. The normalized spacial score (nSPS) is 16.4. The Morgan fingerprint density at radius 3 is 2.68 bits per heavy atom. The molecule has 0 spiro atoms. The number of azo groups is 1. The van der Waals surface area contributed by atoms with Crippen molar-refractivity contribution in [2.45, 2.75) is 45.5 Å². The lowest BCUT2D eigenvalue weighted by atomic mass is 10.0. The summed E-state index contributed by atoms with van der Waals surface area (Å²) < 4.78 is 59.0. The number of hydrogen-bond acceptors (Lipinski definition) is 7. The second-order valence-corrected chi connectivity index (χ2v) is 8.61. The quantitative estimate of drug-likeness (QED) is 0.262. The second kappa shape index (κ2) is 11.6. The Hall–Kier alpha value is -3.60. The number of aromatic nitrogens is 2. The second-order valence-electron chi connectivity index (χ2n) is 8.61. The van der Waals surface area contributed by atoms with Crippen LogP contribution in [0, 0.1) is 5.82 Å². The maximum Gasteiger partial charge on any atom is 0.416 e. The van der Waals surface area contributed by atoms with Crippen LogP contribution in [0.4, 0.5) is 40.7 Å². The average molecular weight is 517 g/mol. The van der Waals surface area contributed by atoms with Crippen molar-refractivity contribution in [1.29, 1.82) is 0 Å². The molecule has 0 bridgehead atoms. The van der Waals surface area contributed by atoms with Crippen LogP contribution in [0.5, 0.6) is 0 Å². The van der Waals surface area contributed by atoms with Crippen molar-refractivity contribution >= 4 is 23.1 Å². The highest BCUT2D eigenvalue weighted by Gasteiger charge is 2.30. The molecule has 2 aromatic carbocycles. The SMILES string of the molecule is CCc1cc(Nc2cccc(C(F)(F)F)c2)ccc1CN=Nc1ncc(F)c(N2CCOCC2CC)n1. The van der Waals surface area contributed by atoms with Crippen LogP contribution in [-0.4, -0.2) is 35.8 Å². The molecule has 11 heteroatoms. The molecule has 7 nitrogen and oxygen atoms in total. The Kier molecular flexibility index (Phi) is 8.32. The monoisotopic (exact) mass is 516 g/mol. The summed E-state index contributed by atoms with van der Waals surface area (Å²) in [5, 5.41) is 11.3. The molecule has 1 unspecified atom stereocenters. The molecule has 0 amide bonds. The summed E-state index contributed by atoms with van der Waals surface area (Å²) in [6, 6.07) is 10.6. The van der Waals surface area contributed by atoms with Gasteiger partial charge in [-0.1, -0.05) is 26.0 Å². The zero-order valence-corrected chi connectivity index (χ0v) is 20.6. The van der Waals surface area contributed by atoms with Gasteiger partial charge in [0.2, 0.25) is 0 Å². The van der Waals surface area contributed by atoms with Gasteiger partial charge in [0.1, 0.15) is 0 Å². The number of nitrogens with one attached hydrogen (secondary N) is 1. The third-order valence-corrected chi connectivity index (χ3v) is 6.15. The number of anilines is 3. The van der Waals surface area contributed by atoms with Crippen molar-refractivity contribution in [2.75, 3.05) is 30.0 Å². The average Bonchev–Trinajstić information content (AvgIpc) is 2.90. The highest BCUT2D eigenvalue weighted by Crippen LogP contribution is 2.32. The Bertz CT molecular complexity index is 1250. The van der Waals surface area contributed by atoms with Crippen molar-refractivity contribution < 1.29 is 22.3 Å². The number of aryl methyl sites for hydroxylation is 1. The number of ether oxygens (including phenoxy) is 1. The van der Waals surface area contributed by atoms with E-state index in [-0.39, 0.29) is 24.4 Å². The molecule has 1 aromatic heterocycles. The molecule has 1 N–H and O–H groups in total. The van der Waals surface area contributed by atoms with Gasteiger partial charge < -0.3 is 15.0 Å². The number of alkyl halides is 3. The summed E-state index contributed by atoms with van der Waals surface area (Å²) >= 11 is 0. The molecule has 4 rings (SSSR count). The van der Waals surface area contributed by atoms with Gasteiger partial charge in [-0.25, -0.2) is 9.37 Å². The van der Waals surface area contributed by atoms with E-state index in [2.05, 4.69) is 25.5 Å². The van der Waals surface area contributed by atoms with Gasteiger partial charge in [-0.05, 0) is 54.3 Å². The Labute approximate surface area is 212 Å². The smallest absolute Gasteiger partial charge is 0.377 e. The summed E-state index contributed by atoms with van der Waals surface area (Å²) in [6.45, 7) is 5.77. The largest absolute Gasteiger partial charge is 0.416 e. The lowest BCUT2D eigenvalue weighted by Crippen LogP contribution is -2.46. The van der Waals surface area contributed by atoms with E-state index in [1.807, 2.05) is 30.9 Å². The molecule has 3 aromatic rings. The predicted octanol–water partition coefficient (Wildman–Crippen LogP) is 6.84. The number of hydrogen-bond donors (Lipinski definition) is 1. The maximum absolute atomic E-state index is 14.5. The first-order valence-electron chi connectivity index (χ1n) is 12.1. The lowest BCUT2D eigenvalue weighted by molar-refractivity contribution is -0.137. The number of halogens is 4. The number of rotatable bonds is 8. The van der Waals surface area contributed by atoms with Crippen molar-refractivity contribution in [3.8, 4) is 0 Å². The molecule has 1 fully saturated rings. The van der Waals surface area contributed by atoms with Crippen LogP contribution in [0.1, 0.15) is 37.0 Å². The van der Waals surface area contributed by atoms with Gasteiger partial charge in [-0.3, -0.25) is 0 Å². The van der Waals surface area contributed by atoms with Crippen LogP contribution in [0.15, 0.2) is 58.9 Å². The highest BCUT2D eigenvalue weighted by atomic mass is 19.4. The number of nitrogens with zero attached hydrogens (tertiary/aromatic N) is 5. The van der Waals surface area contributed by atoms with Gasteiger partial charge in [-0.15, -0.1) is 5.11 Å². The summed E-state index contributed by atoms with van der Waals surface area (Å²) in [4.78, 5) is 10.1. The summed E-state index contributed by atoms with van der Waals surface area (Å²) in [5.74, 6) is -0.256. The molecule has 1 aliphatic heterocycles. The van der Waals surface area contributed by atoms with E-state index in [0.29, 0.717) is 37.6 Å². The van der Waals surface area contributed by atoms with Crippen molar-refractivity contribution in [1.82, 2.24) is 9.97 Å². The van der Waals surface area contributed by atoms with Gasteiger partial charge in [0.05, 0.1) is 37.6 Å². The molecule has 37 heavy (non-hydrogen) atoms. The standard InChI is InChI=1S/C26H28F4N6O/c1-3-17-12-21(33-20-7-5-6-19(13-20)26(28,29)30)9-8-18(17)14-32-35-25-31-15-23(27)24(34-25)36-10-11-37-16-22(36)4-2/h5-9,12-13,15,22,33H,3-4,10-11,14,16H2,1-2H3. The fourth-order valence-corrected chi connectivity index (χ4v) is 4.17. The van der Waals surface area contributed by atoms with E-state index in [4.69, 9.17) is 4.74 Å². The minimum Gasteiger partial charge on any atom is -0.377 e. The molecule has 1 aliphatic rings. The van der Waals surface area contributed by atoms with Gasteiger partial charge in [0, 0.05) is 17.9 Å². The van der Waals surface area contributed by atoms with E-state index in [9.17, 15) is 17.6 Å². The number of benzene rings is 2. The minimum atomic E-state index is -4.41. The van der Waals surface area contributed by atoms with Gasteiger partial charge >= 0.3 is 6.18 Å². The van der Waals surface area contributed by atoms with E-state index < -0.39 is 17.6 Å². The van der Waals surface area contributed by atoms with Gasteiger partial charge in [-0.2, -0.15) is 23.3 Å². The maximum atomic E-state index is 14.5. The van der Waals surface area contributed by atoms with Crippen LogP contribution in [0.25, 0.3) is 0 Å². The summed E-state index contributed by atoms with van der Waals surface area (Å²) in [5.41, 5.74) is 2.17. The van der Waals surface area contributed by atoms with Gasteiger partial charge in [0.25, 0.3) is 5.95 Å². The summed E-state index contributed by atoms with van der Waals surface area (Å²) in [7, 11) is 0. The zero-order valence-electron chi connectivity index (χ0n) is 20.6. The van der Waals surface area contributed by atoms with Crippen molar-refractivity contribution in [3.05, 3.63) is 71.2 Å². The fraction of sp³-hybridized carbons (Fsp3) is 0.385. The Balaban J connectivity index is 1.46. The summed E-state index contributed by atoms with van der Waals surface area (Å²) in [6.07, 6.45) is -1.82. The molecule has 196 valence electrons. The first-order valence-corrected chi connectivity index (χ1v) is 12.1. The third kappa shape index (κ3) is 6.59. The van der Waals surface area contributed by atoms with Crippen LogP contribution < -0.4 is 10.2 Å². The van der Waals surface area contributed by atoms with Gasteiger partial charge in [0.15, 0.2) is 11.6 Å². The molecule has 1 saturated heterocycles. The van der Waals surface area contributed by atoms with Crippen LogP contribution in [0.2, 0.25) is 0 Å². The molecule has 0 saturated carbocycles. The molecular formula is C26H28F4N6O. The topological polar surface area (TPSA) is 75.0 Å². The Morgan fingerprint density at radius 1 is 1.11 bits per heavy atom. The molecule has 0 aliphatic carbocycles. The molecule has 2 heterocycles. The van der Waals surface area contributed by atoms with E-state index in [1.165, 1.54) is 6.07 Å². The van der Waals surface area contributed by atoms with Crippen LogP contribution >= 0.6 is 0 Å². The molecule has 1 atom stereocenters. The Morgan fingerprint density at radius 2 is 1.92 bits per heavy atom. The van der Waals surface area contributed by atoms with E-state index in [0.717, 1.165) is 35.9 Å². The molecule has 0 radical (unpaired) electrons. The van der Waals surface area contributed by atoms with Crippen LogP contribution in [-0.2, 0) is 23.9 Å². The van der Waals surface area contributed by atoms with Crippen molar-refractivity contribution in [2.24, 2.45) is 10.2 Å². The third-order valence-electron chi connectivity index (χ3n) is 6.15. The fourth-order valence-electron chi connectivity index (χ4n) is 4.17.